The van der Waals surface area contributed by atoms with Crippen molar-refractivity contribution in [3.63, 3.8) is 0 Å². The predicted molar refractivity (Wildman–Crippen MR) is 52.9 cm³/mol. The van der Waals surface area contributed by atoms with Gasteiger partial charge in [0.25, 0.3) is 0 Å². The summed E-state index contributed by atoms with van der Waals surface area (Å²) in [5.74, 6) is 1.15. The summed E-state index contributed by atoms with van der Waals surface area (Å²) in [6.45, 7) is 3.18. The number of aromatic nitrogens is 3. The Morgan fingerprint density at radius 3 is 2.93 bits per heavy atom. The number of hydrogen-bond acceptors (Lipinski definition) is 4. The molecule has 0 spiro atoms. The summed E-state index contributed by atoms with van der Waals surface area (Å²) in [7, 11) is 0. The minimum atomic E-state index is -0.0941. The molecule has 3 rings (SSSR count). The van der Waals surface area contributed by atoms with Gasteiger partial charge in [-0.05, 0) is 6.42 Å². The molecule has 2 aliphatic rings. The van der Waals surface area contributed by atoms with Gasteiger partial charge in [-0.15, -0.1) is 0 Å². The SMILES string of the molecule is O=c1[nH]nc(C2CCOC2)n1C1CNC1. The second-order valence-corrected chi connectivity index (χ2v) is 4.13. The standard InChI is InChI=1S/C9H14N4O2/c14-9-12-11-8(6-1-2-15-5-6)13(9)7-3-10-4-7/h6-7,10H,1-5H2,(H,12,14). The summed E-state index contributed by atoms with van der Waals surface area (Å²) < 4.78 is 7.11. The molecule has 1 atom stereocenters. The fourth-order valence-corrected chi connectivity index (χ4v) is 2.15. The molecule has 0 bridgehead atoms. The maximum absolute atomic E-state index is 11.6. The van der Waals surface area contributed by atoms with E-state index in [2.05, 4.69) is 15.5 Å². The van der Waals surface area contributed by atoms with Crippen LogP contribution >= 0.6 is 0 Å². The molecule has 2 aliphatic heterocycles. The lowest BCUT2D eigenvalue weighted by Crippen LogP contribution is -2.47. The Hall–Kier alpha value is -1.14. The van der Waals surface area contributed by atoms with Crippen molar-refractivity contribution in [3.05, 3.63) is 16.3 Å². The van der Waals surface area contributed by atoms with E-state index >= 15 is 0 Å². The average Bonchev–Trinajstić information content (AvgIpc) is 2.74. The number of hydrogen-bond donors (Lipinski definition) is 2. The van der Waals surface area contributed by atoms with Gasteiger partial charge in [0.05, 0.1) is 12.6 Å². The normalized spacial score (nSPS) is 26.8. The molecular weight excluding hydrogens is 196 g/mol. The van der Waals surface area contributed by atoms with E-state index in [4.69, 9.17) is 4.74 Å². The summed E-state index contributed by atoms with van der Waals surface area (Å²) in [6, 6.07) is 0.270. The van der Waals surface area contributed by atoms with Gasteiger partial charge in [0.1, 0.15) is 5.82 Å². The van der Waals surface area contributed by atoms with Crippen molar-refractivity contribution < 1.29 is 4.74 Å². The molecule has 0 amide bonds. The van der Waals surface area contributed by atoms with Gasteiger partial charge in [-0.1, -0.05) is 0 Å². The van der Waals surface area contributed by atoms with Crippen LogP contribution in [0.4, 0.5) is 0 Å². The first-order chi connectivity index (χ1) is 7.36. The fourth-order valence-electron chi connectivity index (χ4n) is 2.15. The Kier molecular flexibility index (Phi) is 2.10. The Balaban J connectivity index is 1.95. The zero-order valence-electron chi connectivity index (χ0n) is 8.40. The Labute approximate surface area is 86.6 Å². The number of aromatic amines is 1. The summed E-state index contributed by atoms with van der Waals surface area (Å²) in [6.07, 6.45) is 0.963. The molecular formula is C9H14N4O2. The van der Waals surface area contributed by atoms with E-state index in [1.165, 1.54) is 0 Å². The van der Waals surface area contributed by atoms with Crippen LogP contribution in [0.5, 0.6) is 0 Å². The van der Waals surface area contributed by atoms with Crippen LogP contribution in [0.25, 0.3) is 0 Å². The lowest BCUT2D eigenvalue weighted by atomic mass is 10.1. The van der Waals surface area contributed by atoms with Crippen LogP contribution in [0, 0.1) is 0 Å². The zero-order chi connectivity index (χ0) is 10.3. The molecule has 1 aromatic rings. The third-order valence-electron chi connectivity index (χ3n) is 3.15. The van der Waals surface area contributed by atoms with Gasteiger partial charge >= 0.3 is 5.69 Å². The van der Waals surface area contributed by atoms with Crippen molar-refractivity contribution in [2.45, 2.75) is 18.4 Å². The maximum Gasteiger partial charge on any atom is 0.343 e. The van der Waals surface area contributed by atoms with Crippen molar-refractivity contribution in [3.8, 4) is 0 Å². The van der Waals surface area contributed by atoms with Gasteiger partial charge in [0.15, 0.2) is 0 Å². The summed E-state index contributed by atoms with van der Waals surface area (Å²) >= 11 is 0. The summed E-state index contributed by atoms with van der Waals surface area (Å²) in [5.41, 5.74) is -0.0941. The average molecular weight is 210 g/mol. The third-order valence-corrected chi connectivity index (χ3v) is 3.15. The van der Waals surface area contributed by atoms with E-state index in [1.54, 1.807) is 4.57 Å². The molecule has 3 heterocycles. The Morgan fingerprint density at radius 1 is 1.47 bits per heavy atom. The number of H-pyrrole nitrogens is 1. The number of ether oxygens (including phenoxy) is 1. The van der Waals surface area contributed by atoms with E-state index < -0.39 is 0 Å². The highest BCUT2D eigenvalue weighted by molar-refractivity contribution is 5.02. The minimum absolute atomic E-state index is 0.0941. The van der Waals surface area contributed by atoms with Crippen LogP contribution in [0.1, 0.15) is 24.2 Å². The van der Waals surface area contributed by atoms with E-state index in [9.17, 15) is 4.79 Å². The molecule has 15 heavy (non-hydrogen) atoms. The first-order valence-electron chi connectivity index (χ1n) is 5.31. The highest BCUT2D eigenvalue weighted by atomic mass is 16.5. The third kappa shape index (κ3) is 1.40. The van der Waals surface area contributed by atoms with Crippen molar-refractivity contribution in [2.75, 3.05) is 26.3 Å². The van der Waals surface area contributed by atoms with Gasteiger partial charge in [-0.2, -0.15) is 5.10 Å². The molecule has 2 saturated heterocycles. The largest absolute Gasteiger partial charge is 0.381 e. The predicted octanol–water partition coefficient (Wildman–Crippen LogP) is -0.780. The zero-order valence-corrected chi connectivity index (χ0v) is 8.40. The lowest BCUT2D eigenvalue weighted by Gasteiger charge is -2.29. The summed E-state index contributed by atoms with van der Waals surface area (Å²) in [4.78, 5) is 11.6. The maximum atomic E-state index is 11.6. The van der Waals surface area contributed by atoms with Crippen LogP contribution in [0.2, 0.25) is 0 Å². The van der Waals surface area contributed by atoms with Gasteiger partial charge in [0, 0.05) is 25.6 Å². The van der Waals surface area contributed by atoms with E-state index in [1.807, 2.05) is 0 Å². The molecule has 2 N–H and O–H groups in total. The molecule has 82 valence electrons. The second-order valence-electron chi connectivity index (χ2n) is 4.13. The molecule has 2 fully saturated rings. The highest BCUT2D eigenvalue weighted by Crippen LogP contribution is 2.24. The van der Waals surface area contributed by atoms with Crippen molar-refractivity contribution in [1.29, 1.82) is 0 Å². The van der Waals surface area contributed by atoms with Crippen LogP contribution in [-0.2, 0) is 4.74 Å². The Morgan fingerprint density at radius 2 is 2.33 bits per heavy atom. The van der Waals surface area contributed by atoms with Crippen LogP contribution in [0.15, 0.2) is 4.79 Å². The first-order valence-corrected chi connectivity index (χ1v) is 5.31. The van der Waals surface area contributed by atoms with Crippen LogP contribution < -0.4 is 11.0 Å². The van der Waals surface area contributed by atoms with Gasteiger partial charge in [0.2, 0.25) is 0 Å². The van der Waals surface area contributed by atoms with Gasteiger partial charge in [-0.3, -0.25) is 4.57 Å². The van der Waals surface area contributed by atoms with Gasteiger partial charge in [-0.25, -0.2) is 9.89 Å². The molecule has 0 saturated carbocycles. The smallest absolute Gasteiger partial charge is 0.343 e. The minimum Gasteiger partial charge on any atom is -0.381 e. The molecule has 6 nitrogen and oxygen atoms in total. The molecule has 1 aromatic heterocycles. The van der Waals surface area contributed by atoms with Crippen LogP contribution in [0.3, 0.4) is 0 Å². The molecule has 6 heteroatoms. The summed E-state index contributed by atoms with van der Waals surface area (Å²) in [5, 5.41) is 9.82. The van der Waals surface area contributed by atoms with E-state index in [0.717, 1.165) is 31.9 Å². The highest BCUT2D eigenvalue weighted by Gasteiger charge is 2.29. The van der Waals surface area contributed by atoms with E-state index in [-0.39, 0.29) is 17.6 Å². The topological polar surface area (TPSA) is 71.9 Å². The number of nitrogens with one attached hydrogen (secondary N) is 2. The van der Waals surface area contributed by atoms with Gasteiger partial charge < -0.3 is 10.1 Å². The Bertz CT molecular complexity index is 400. The number of rotatable bonds is 2. The molecule has 1 unspecified atom stereocenters. The van der Waals surface area contributed by atoms with Crippen molar-refractivity contribution in [1.82, 2.24) is 20.1 Å². The quantitative estimate of drug-likeness (QED) is 0.671. The lowest BCUT2D eigenvalue weighted by molar-refractivity contribution is 0.191. The molecule has 0 aromatic carbocycles. The second kappa shape index (κ2) is 3.46. The first kappa shape index (κ1) is 9.11. The monoisotopic (exact) mass is 210 g/mol. The van der Waals surface area contributed by atoms with Crippen LogP contribution in [-0.4, -0.2) is 41.1 Å². The van der Waals surface area contributed by atoms with E-state index in [0.29, 0.717) is 6.61 Å². The number of nitrogens with zero attached hydrogens (tertiary/aromatic N) is 2. The molecule has 0 radical (unpaired) electrons. The van der Waals surface area contributed by atoms with Crippen molar-refractivity contribution in [2.24, 2.45) is 0 Å². The van der Waals surface area contributed by atoms with Crippen molar-refractivity contribution >= 4 is 0 Å². The molecule has 0 aliphatic carbocycles. The fraction of sp³-hybridized carbons (Fsp3) is 0.778.